The largest absolute Gasteiger partial charge is 0.493 e. The van der Waals surface area contributed by atoms with Gasteiger partial charge >= 0.3 is 0 Å². The van der Waals surface area contributed by atoms with Gasteiger partial charge in [0.15, 0.2) is 11.5 Å². The average molecular weight is 266 g/mol. The zero-order valence-electron chi connectivity index (χ0n) is 11.3. The van der Waals surface area contributed by atoms with Gasteiger partial charge in [0.2, 0.25) is 0 Å². The normalized spacial score (nSPS) is 21.9. The highest BCUT2D eigenvalue weighted by Gasteiger charge is 2.35. The minimum Gasteiger partial charge on any atom is -0.493 e. The van der Waals surface area contributed by atoms with E-state index in [1.54, 1.807) is 6.07 Å². The Morgan fingerprint density at radius 1 is 1.32 bits per heavy atom. The van der Waals surface area contributed by atoms with Crippen LogP contribution < -0.4 is 9.47 Å². The molecule has 1 aliphatic carbocycles. The van der Waals surface area contributed by atoms with Gasteiger partial charge in [-0.25, -0.2) is 0 Å². The third-order valence-electron chi connectivity index (χ3n) is 3.48. The molecule has 1 aromatic carbocycles. The highest BCUT2D eigenvalue weighted by Crippen LogP contribution is 2.35. The van der Waals surface area contributed by atoms with E-state index in [9.17, 15) is 10.1 Å². The topological polar surface area (TPSA) is 64.8 Å². The van der Waals surface area contributed by atoms with Crippen molar-refractivity contribution in [3.8, 4) is 11.5 Å². The van der Waals surface area contributed by atoms with Crippen LogP contribution in [0.15, 0.2) is 18.2 Å². The van der Waals surface area contributed by atoms with Crippen LogP contribution in [-0.2, 0) is 0 Å². The summed E-state index contributed by atoms with van der Waals surface area (Å²) in [7, 11) is 5.52. The molecule has 1 aromatic rings. The lowest BCUT2D eigenvalue weighted by Gasteiger charge is -2.40. The van der Waals surface area contributed by atoms with Crippen molar-refractivity contribution in [1.29, 1.82) is 0 Å². The third kappa shape index (κ3) is 2.78. The third-order valence-corrected chi connectivity index (χ3v) is 3.48. The van der Waals surface area contributed by atoms with Gasteiger partial charge in [-0.05, 0) is 33.0 Å². The molecule has 1 fully saturated rings. The molecule has 0 unspecified atom stereocenters. The Balaban J connectivity index is 2.14. The van der Waals surface area contributed by atoms with Gasteiger partial charge in [0.25, 0.3) is 5.69 Å². The van der Waals surface area contributed by atoms with Crippen molar-refractivity contribution >= 4 is 5.69 Å². The molecule has 2 rings (SSSR count). The van der Waals surface area contributed by atoms with Gasteiger partial charge < -0.3 is 14.4 Å². The number of hydrogen-bond acceptors (Lipinski definition) is 5. The van der Waals surface area contributed by atoms with E-state index in [0.717, 1.165) is 12.8 Å². The molecule has 0 saturated heterocycles. The zero-order valence-corrected chi connectivity index (χ0v) is 11.3. The lowest BCUT2D eigenvalue weighted by atomic mass is 9.88. The van der Waals surface area contributed by atoms with Crippen LogP contribution in [0.5, 0.6) is 11.5 Å². The first-order valence-electron chi connectivity index (χ1n) is 6.18. The number of ether oxygens (including phenoxy) is 2. The number of rotatable bonds is 5. The minimum atomic E-state index is -0.446. The Kier molecular flexibility index (Phi) is 3.90. The van der Waals surface area contributed by atoms with Gasteiger partial charge in [0.1, 0.15) is 6.10 Å². The summed E-state index contributed by atoms with van der Waals surface area (Å²) < 4.78 is 11.1. The molecule has 19 heavy (non-hydrogen) atoms. The number of non-ortho nitro benzene ring substituents is 1. The van der Waals surface area contributed by atoms with Crippen LogP contribution in [0.1, 0.15) is 12.8 Å². The van der Waals surface area contributed by atoms with Crippen molar-refractivity contribution in [2.45, 2.75) is 25.0 Å². The van der Waals surface area contributed by atoms with Crippen molar-refractivity contribution in [3.05, 3.63) is 28.3 Å². The summed E-state index contributed by atoms with van der Waals surface area (Å²) in [5.41, 5.74) is 0.00182. The summed E-state index contributed by atoms with van der Waals surface area (Å²) in [6, 6.07) is 4.81. The first-order chi connectivity index (χ1) is 9.02. The van der Waals surface area contributed by atoms with Gasteiger partial charge in [-0.2, -0.15) is 0 Å². The Hall–Kier alpha value is -1.82. The molecular weight excluding hydrogens is 248 g/mol. The number of benzene rings is 1. The van der Waals surface area contributed by atoms with Gasteiger partial charge in [0.05, 0.1) is 18.1 Å². The van der Waals surface area contributed by atoms with E-state index in [-0.39, 0.29) is 11.8 Å². The van der Waals surface area contributed by atoms with E-state index in [1.165, 1.54) is 19.2 Å². The monoisotopic (exact) mass is 266 g/mol. The molecule has 0 aromatic heterocycles. The Morgan fingerprint density at radius 2 is 2.05 bits per heavy atom. The molecule has 0 bridgehead atoms. The SMILES string of the molecule is COc1cc([N+](=O)[O-])ccc1O[C@@H]1CC[C@H]1N(C)C. The second kappa shape index (κ2) is 5.44. The first kappa shape index (κ1) is 13.6. The Bertz CT molecular complexity index is 476. The number of nitrogens with zero attached hydrogens (tertiary/aromatic N) is 2. The molecule has 1 saturated carbocycles. The van der Waals surface area contributed by atoms with Crippen LogP contribution in [0.4, 0.5) is 5.69 Å². The summed E-state index contributed by atoms with van der Waals surface area (Å²) in [6.45, 7) is 0. The molecule has 104 valence electrons. The second-order valence-corrected chi connectivity index (χ2v) is 4.86. The number of hydrogen-bond donors (Lipinski definition) is 0. The van der Waals surface area contributed by atoms with Gasteiger partial charge in [-0.1, -0.05) is 0 Å². The molecule has 6 nitrogen and oxygen atoms in total. The molecule has 0 N–H and O–H groups in total. The number of methoxy groups -OCH3 is 1. The van der Waals surface area contributed by atoms with E-state index in [0.29, 0.717) is 17.5 Å². The lowest BCUT2D eigenvalue weighted by Crippen LogP contribution is -2.50. The van der Waals surface area contributed by atoms with Crippen LogP contribution in [0.3, 0.4) is 0 Å². The van der Waals surface area contributed by atoms with Crippen LogP contribution >= 0.6 is 0 Å². The first-order valence-corrected chi connectivity index (χ1v) is 6.18. The van der Waals surface area contributed by atoms with E-state index in [2.05, 4.69) is 4.90 Å². The molecule has 6 heteroatoms. The fraction of sp³-hybridized carbons (Fsp3) is 0.538. The highest BCUT2D eigenvalue weighted by atomic mass is 16.6. The van der Waals surface area contributed by atoms with Crippen LogP contribution in [0.25, 0.3) is 0 Å². The molecule has 0 aliphatic heterocycles. The fourth-order valence-corrected chi connectivity index (χ4v) is 2.21. The molecule has 0 heterocycles. The molecule has 0 spiro atoms. The highest BCUT2D eigenvalue weighted by molar-refractivity contribution is 5.48. The van der Waals surface area contributed by atoms with E-state index >= 15 is 0 Å². The molecule has 0 amide bonds. The number of nitro groups is 1. The van der Waals surface area contributed by atoms with Crippen molar-refractivity contribution in [2.24, 2.45) is 0 Å². The summed E-state index contributed by atoms with van der Waals surface area (Å²) in [5, 5.41) is 10.7. The molecular formula is C13H18N2O4. The van der Waals surface area contributed by atoms with Crippen molar-refractivity contribution in [1.82, 2.24) is 4.90 Å². The maximum atomic E-state index is 10.7. The molecule has 1 aliphatic rings. The van der Waals surface area contributed by atoms with Crippen LogP contribution in [0.2, 0.25) is 0 Å². The van der Waals surface area contributed by atoms with Crippen molar-refractivity contribution in [2.75, 3.05) is 21.2 Å². The second-order valence-electron chi connectivity index (χ2n) is 4.86. The van der Waals surface area contributed by atoms with Gasteiger partial charge in [-0.3, -0.25) is 10.1 Å². The summed E-state index contributed by atoms with van der Waals surface area (Å²) in [5.74, 6) is 0.961. The Labute approximate surface area is 112 Å². The fourth-order valence-electron chi connectivity index (χ4n) is 2.21. The van der Waals surface area contributed by atoms with E-state index in [1.807, 2.05) is 14.1 Å². The number of nitro benzene ring substituents is 1. The summed E-state index contributed by atoms with van der Waals surface area (Å²) >= 11 is 0. The van der Waals surface area contributed by atoms with Gasteiger partial charge in [-0.15, -0.1) is 0 Å². The summed E-state index contributed by atoms with van der Waals surface area (Å²) in [6.07, 6.45) is 2.21. The van der Waals surface area contributed by atoms with E-state index < -0.39 is 4.92 Å². The lowest BCUT2D eigenvalue weighted by molar-refractivity contribution is -0.385. The molecule has 0 radical (unpaired) electrons. The predicted octanol–water partition coefficient (Wildman–Crippen LogP) is 2.07. The van der Waals surface area contributed by atoms with E-state index in [4.69, 9.17) is 9.47 Å². The average Bonchev–Trinajstić information content (AvgIpc) is 2.33. The minimum absolute atomic E-state index is 0.00182. The van der Waals surface area contributed by atoms with Crippen molar-refractivity contribution < 1.29 is 14.4 Å². The summed E-state index contributed by atoms with van der Waals surface area (Å²) in [4.78, 5) is 12.4. The predicted molar refractivity (Wildman–Crippen MR) is 70.8 cm³/mol. The standard InChI is InChI=1S/C13H18N2O4/c1-14(2)10-5-7-11(10)19-12-6-4-9(15(16)17)8-13(12)18-3/h4,6,8,10-11H,5,7H2,1-3H3/t10-,11-/m1/s1. The van der Waals surface area contributed by atoms with Crippen LogP contribution in [0, 0.1) is 10.1 Å². The van der Waals surface area contributed by atoms with Crippen LogP contribution in [-0.4, -0.2) is 43.2 Å². The quantitative estimate of drug-likeness (QED) is 0.603. The zero-order chi connectivity index (χ0) is 14.0. The smallest absolute Gasteiger partial charge is 0.273 e. The van der Waals surface area contributed by atoms with Crippen molar-refractivity contribution in [3.63, 3.8) is 0 Å². The molecule has 2 atom stereocenters. The van der Waals surface area contributed by atoms with Gasteiger partial charge in [0, 0.05) is 12.1 Å². The Morgan fingerprint density at radius 3 is 2.53 bits per heavy atom. The maximum Gasteiger partial charge on any atom is 0.273 e. The number of likely N-dealkylation sites (N-methyl/N-ethyl adjacent to an activating group) is 1. The maximum absolute atomic E-state index is 10.7.